The third kappa shape index (κ3) is 2.12. The van der Waals surface area contributed by atoms with Gasteiger partial charge in [0, 0.05) is 24.1 Å². The van der Waals surface area contributed by atoms with Crippen LogP contribution in [0.4, 0.5) is 0 Å². The molecule has 2 aliphatic rings. The van der Waals surface area contributed by atoms with Crippen molar-refractivity contribution in [2.75, 3.05) is 18.1 Å². The predicted molar refractivity (Wildman–Crippen MR) is 69.2 cm³/mol. The molecule has 5 heteroatoms. The molecule has 2 aliphatic heterocycles. The molecular weight excluding hydrogens is 250 g/mol. The maximum atomic E-state index is 11.2. The molecule has 98 valence electrons. The second-order valence-electron chi connectivity index (χ2n) is 5.63. The van der Waals surface area contributed by atoms with E-state index < -0.39 is 9.84 Å². The molecule has 3 rings (SSSR count). The fourth-order valence-corrected chi connectivity index (χ4v) is 5.00. The zero-order chi connectivity index (χ0) is 12.8. The van der Waals surface area contributed by atoms with Crippen molar-refractivity contribution in [2.45, 2.75) is 20.0 Å². The molecule has 1 aromatic rings. The van der Waals surface area contributed by atoms with E-state index in [0.29, 0.717) is 6.61 Å². The third-order valence-electron chi connectivity index (χ3n) is 3.56. The Labute approximate surface area is 107 Å². The van der Waals surface area contributed by atoms with Crippen molar-refractivity contribution in [1.29, 1.82) is 0 Å². The third-order valence-corrected chi connectivity index (χ3v) is 5.83. The molecule has 0 spiro atoms. The Hall–Kier alpha value is -1.07. The molecule has 18 heavy (non-hydrogen) atoms. The van der Waals surface area contributed by atoms with Gasteiger partial charge < -0.3 is 10.1 Å². The highest BCUT2D eigenvalue weighted by Gasteiger charge is 2.45. The second kappa shape index (κ2) is 3.96. The summed E-state index contributed by atoms with van der Waals surface area (Å²) >= 11 is 0. The minimum absolute atomic E-state index is 0.215. The zero-order valence-corrected chi connectivity index (χ0v) is 11.2. The van der Waals surface area contributed by atoms with E-state index in [2.05, 4.69) is 11.4 Å². The van der Waals surface area contributed by atoms with Crippen LogP contribution < -0.4 is 10.1 Å². The van der Waals surface area contributed by atoms with Crippen molar-refractivity contribution in [3.63, 3.8) is 0 Å². The van der Waals surface area contributed by atoms with E-state index >= 15 is 0 Å². The Bertz CT molecular complexity index is 568. The number of ether oxygens (including phenoxy) is 1. The minimum Gasteiger partial charge on any atom is -0.493 e. The van der Waals surface area contributed by atoms with Crippen LogP contribution >= 0.6 is 0 Å². The molecular formula is C13H17NO3S. The Morgan fingerprint density at radius 3 is 2.83 bits per heavy atom. The number of sulfone groups is 1. The van der Waals surface area contributed by atoms with Gasteiger partial charge in [-0.15, -0.1) is 0 Å². The highest BCUT2D eigenvalue weighted by atomic mass is 32.2. The van der Waals surface area contributed by atoms with E-state index in [1.807, 2.05) is 19.1 Å². The molecule has 1 aromatic carbocycles. The van der Waals surface area contributed by atoms with Crippen LogP contribution in [0.15, 0.2) is 18.2 Å². The summed E-state index contributed by atoms with van der Waals surface area (Å²) in [5.74, 6) is 1.38. The van der Waals surface area contributed by atoms with Gasteiger partial charge in [-0.25, -0.2) is 8.42 Å². The summed E-state index contributed by atoms with van der Waals surface area (Å²) in [6.45, 7) is 4.16. The molecule has 0 bridgehead atoms. The van der Waals surface area contributed by atoms with Gasteiger partial charge in [0.25, 0.3) is 0 Å². The van der Waals surface area contributed by atoms with Gasteiger partial charge in [0.05, 0.1) is 18.1 Å². The van der Waals surface area contributed by atoms with Crippen molar-refractivity contribution in [3.8, 4) is 5.75 Å². The summed E-state index contributed by atoms with van der Waals surface area (Å²) in [6.07, 6.45) is 0. The first kappa shape index (κ1) is 12.0. The van der Waals surface area contributed by atoms with Crippen LogP contribution in [0.1, 0.15) is 18.1 Å². The highest BCUT2D eigenvalue weighted by Crippen LogP contribution is 2.34. The Morgan fingerprint density at radius 2 is 2.11 bits per heavy atom. The van der Waals surface area contributed by atoms with Gasteiger partial charge in [-0.2, -0.15) is 0 Å². The minimum atomic E-state index is -2.80. The van der Waals surface area contributed by atoms with Crippen molar-refractivity contribution in [1.82, 2.24) is 5.32 Å². The second-order valence-corrected chi connectivity index (χ2v) is 7.69. The van der Waals surface area contributed by atoms with Crippen molar-refractivity contribution < 1.29 is 13.2 Å². The van der Waals surface area contributed by atoms with E-state index in [1.54, 1.807) is 0 Å². The lowest BCUT2D eigenvalue weighted by Gasteiger charge is -2.37. The molecule has 1 saturated heterocycles. The fourth-order valence-electron chi connectivity index (χ4n) is 2.79. The highest BCUT2D eigenvalue weighted by molar-refractivity contribution is 7.92. The first-order valence-electron chi connectivity index (χ1n) is 6.12. The first-order chi connectivity index (χ1) is 8.48. The van der Waals surface area contributed by atoms with Gasteiger partial charge in [0.15, 0.2) is 9.84 Å². The van der Waals surface area contributed by atoms with Crippen LogP contribution in [0.2, 0.25) is 0 Å². The van der Waals surface area contributed by atoms with Gasteiger partial charge >= 0.3 is 0 Å². The molecule has 1 N–H and O–H groups in total. The maximum Gasteiger partial charge on any atom is 0.151 e. The normalized spacial score (nSPS) is 23.2. The Kier molecular flexibility index (Phi) is 2.64. The van der Waals surface area contributed by atoms with E-state index in [0.717, 1.165) is 18.8 Å². The van der Waals surface area contributed by atoms with E-state index in [4.69, 9.17) is 4.74 Å². The van der Waals surface area contributed by atoms with Gasteiger partial charge in [-0.05, 0) is 11.6 Å². The number of hydrogen-bond donors (Lipinski definition) is 1. The SMILES string of the molecule is CC1(COc2cccc3c2CNC3)CS(=O)(=O)C1. The number of hydrogen-bond acceptors (Lipinski definition) is 4. The number of benzene rings is 1. The van der Waals surface area contributed by atoms with Crippen LogP contribution in [-0.4, -0.2) is 26.5 Å². The van der Waals surface area contributed by atoms with Gasteiger partial charge in [0.1, 0.15) is 5.75 Å². The van der Waals surface area contributed by atoms with Crippen molar-refractivity contribution in [2.24, 2.45) is 5.41 Å². The van der Waals surface area contributed by atoms with Gasteiger partial charge in [0.2, 0.25) is 0 Å². The summed E-state index contributed by atoms with van der Waals surface area (Å²) in [7, 11) is -2.80. The molecule has 2 heterocycles. The maximum absolute atomic E-state index is 11.2. The molecule has 1 fully saturated rings. The first-order valence-corrected chi connectivity index (χ1v) is 7.94. The van der Waals surface area contributed by atoms with Gasteiger partial charge in [-0.1, -0.05) is 19.1 Å². The zero-order valence-electron chi connectivity index (χ0n) is 10.4. The molecule has 0 radical (unpaired) electrons. The Morgan fingerprint density at radius 1 is 1.33 bits per heavy atom. The molecule has 4 nitrogen and oxygen atoms in total. The van der Waals surface area contributed by atoms with Crippen LogP contribution in [0.25, 0.3) is 0 Å². The topological polar surface area (TPSA) is 55.4 Å². The average molecular weight is 267 g/mol. The predicted octanol–water partition coefficient (Wildman–Crippen LogP) is 1.10. The largest absolute Gasteiger partial charge is 0.493 e. The van der Waals surface area contributed by atoms with E-state index in [-0.39, 0.29) is 16.9 Å². The average Bonchev–Trinajstić information content (AvgIpc) is 2.71. The molecule has 0 aromatic heterocycles. The van der Waals surface area contributed by atoms with Crippen LogP contribution in [0, 0.1) is 5.41 Å². The summed E-state index contributed by atoms with van der Waals surface area (Å²) < 4.78 is 28.3. The van der Waals surface area contributed by atoms with E-state index in [1.165, 1.54) is 11.1 Å². The number of fused-ring (bicyclic) bond motifs is 1. The lowest BCUT2D eigenvalue weighted by molar-refractivity contribution is 0.186. The quantitative estimate of drug-likeness (QED) is 0.891. The summed E-state index contributed by atoms with van der Waals surface area (Å²) in [5.41, 5.74) is 2.27. The van der Waals surface area contributed by atoms with Crippen molar-refractivity contribution in [3.05, 3.63) is 29.3 Å². The summed E-state index contributed by atoms with van der Waals surface area (Å²) in [6, 6.07) is 6.04. The number of nitrogens with one attached hydrogen (secondary N) is 1. The monoisotopic (exact) mass is 267 g/mol. The van der Waals surface area contributed by atoms with Crippen LogP contribution in [0.3, 0.4) is 0 Å². The fraction of sp³-hybridized carbons (Fsp3) is 0.538. The lowest BCUT2D eigenvalue weighted by atomic mass is 9.96. The molecule has 0 unspecified atom stereocenters. The van der Waals surface area contributed by atoms with E-state index in [9.17, 15) is 8.42 Å². The standard InChI is InChI=1S/C13H17NO3S/c1-13(8-18(15,16)9-13)7-17-12-4-2-3-10-5-14-6-11(10)12/h2-4,14H,5-9H2,1H3. The summed E-state index contributed by atoms with van der Waals surface area (Å²) in [5, 5.41) is 3.29. The summed E-state index contributed by atoms with van der Waals surface area (Å²) in [4.78, 5) is 0. The molecule has 0 atom stereocenters. The molecule has 0 aliphatic carbocycles. The number of rotatable bonds is 3. The Balaban J connectivity index is 1.70. The van der Waals surface area contributed by atoms with Gasteiger partial charge in [-0.3, -0.25) is 0 Å². The molecule has 0 amide bonds. The van der Waals surface area contributed by atoms with Crippen molar-refractivity contribution >= 4 is 9.84 Å². The van der Waals surface area contributed by atoms with Crippen LogP contribution in [-0.2, 0) is 22.9 Å². The molecule has 0 saturated carbocycles. The smallest absolute Gasteiger partial charge is 0.151 e. The van der Waals surface area contributed by atoms with Crippen LogP contribution in [0.5, 0.6) is 5.75 Å². The lowest BCUT2D eigenvalue weighted by Crippen LogP contribution is -2.50.